The minimum atomic E-state index is -4.27. The number of hydrogen-bond acceptors (Lipinski definition) is 0. The van der Waals surface area contributed by atoms with Crippen LogP contribution in [0.5, 0.6) is 0 Å². The highest BCUT2D eigenvalue weighted by molar-refractivity contribution is 6.26. The van der Waals surface area contributed by atoms with Gasteiger partial charge >= 0.3 is 6.18 Å². The van der Waals surface area contributed by atoms with Crippen LogP contribution in [0.15, 0.2) is 85.1 Å². The molecule has 0 aliphatic heterocycles. The summed E-state index contributed by atoms with van der Waals surface area (Å²) in [6.07, 6.45) is -2.24. The lowest BCUT2D eigenvalue weighted by Crippen LogP contribution is -2.34. The normalized spacial score (nSPS) is 13.1. The van der Waals surface area contributed by atoms with Crippen LogP contribution in [0.3, 0.4) is 0 Å². The summed E-state index contributed by atoms with van der Waals surface area (Å²) in [6, 6.07) is 27.0. The second-order valence-electron chi connectivity index (χ2n) is 11.5. The van der Waals surface area contributed by atoms with Crippen molar-refractivity contribution in [2.45, 2.75) is 33.4 Å². The number of halogens is 3. The highest BCUT2D eigenvalue weighted by Crippen LogP contribution is 2.43. The van der Waals surface area contributed by atoms with Gasteiger partial charge in [-0.05, 0) is 59.2 Å². The molecular formula is C34H28F3N2+. The van der Waals surface area contributed by atoms with E-state index >= 15 is 0 Å². The van der Waals surface area contributed by atoms with Crippen molar-refractivity contribution in [3.8, 4) is 11.1 Å². The molecule has 5 heteroatoms. The van der Waals surface area contributed by atoms with E-state index in [1.165, 1.54) is 52.0 Å². The van der Waals surface area contributed by atoms with Crippen LogP contribution < -0.4 is 4.57 Å². The summed E-state index contributed by atoms with van der Waals surface area (Å²) in [7, 11) is 2.09. The Kier molecular flexibility index (Phi) is 4.88. The van der Waals surface area contributed by atoms with E-state index in [2.05, 4.69) is 83.7 Å². The highest BCUT2D eigenvalue weighted by atomic mass is 19.4. The number of nitrogens with zero attached hydrogens (tertiary/aromatic N) is 2. The van der Waals surface area contributed by atoms with Crippen molar-refractivity contribution in [2.75, 3.05) is 0 Å². The molecule has 4 aromatic carbocycles. The number of para-hydroxylation sites is 1. The van der Waals surface area contributed by atoms with Crippen LogP contribution in [0.2, 0.25) is 0 Å². The first-order valence-corrected chi connectivity index (χ1v) is 13.2. The topological polar surface area (TPSA) is 8.29 Å². The average molecular weight is 522 g/mol. The van der Waals surface area contributed by atoms with Gasteiger partial charge in [0.2, 0.25) is 5.52 Å². The van der Waals surface area contributed by atoms with Crippen LogP contribution >= 0.6 is 0 Å². The van der Waals surface area contributed by atoms with Crippen LogP contribution in [-0.4, -0.2) is 10.6 Å². The predicted molar refractivity (Wildman–Crippen MR) is 153 cm³/mol. The average Bonchev–Trinajstić information content (AvgIpc) is 3.23. The van der Waals surface area contributed by atoms with Crippen molar-refractivity contribution in [1.82, 2.24) is 4.40 Å². The first kappa shape index (κ1) is 24.0. The van der Waals surface area contributed by atoms with Crippen LogP contribution in [-0.2, 0) is 13.5 Å². The fraction of sp³-hybridized carbons (Fsp3) is 0.206. The number of alkyl halides is 3. The number of pyridine rings is 2. The van der Waals surface area contributed by atoms with Crippen molar-refractivity contribution < 1.29 is 17.7 Å². The summed E-state index contributed by atoms with van der Waals surface area (Å²) in [5.74, 6) is 0. The molecule has 2 nitrogen and oxygen atoms in total. The third-order valence-electron chi connectivity index (χ3n) is 8.41. The molecule has 0 saturated carbocycles. The van der Waals surface area contributed by atoms with E-state index in [4.69, 9.17) is 0 Å². The van der Waals surface area contributed by atoms with Crippen LogP contribution in [0.4, 0.5) is 13.2 Å². The fourth-order valence-electron chi connectivity index (χ4n) is 6.30. The molecule has 0 unspecified atom stereocenters. The van der Waals surface area contributed by atoms with Gasteiger partial charge in [-0.15, -0.1) is 0 Å². The van der Waals surface area contributed by atoms with Gasteiger partial charge < -0.3 is 4.40 Å². The lowest BCUT2D eigenvalue weighted by atomic mass is 9.84. The molecule has 0 fully saturated rings. The van der Waals surface area contributed by atoms with Gasteiger partial charge in [0.05, 0.1) is 32.7 Å². The number of hydrogen-bond donors (Lipinski definition) is 0. The largest absolute Gasteiger partial charge is 0.394 e. The maximum Gasteiger partial charge on any atom is 0.394 e. The van der Waals surface area contributed by atoms with Crippen LogP contribution in [0.1, 0.15) is 25.0 Å². The smallest absolute Gasteiger partial charge is 0.307 e. The first-order chi connectivity index (χ1) is 18.5. The maximum atomic E-state index is 13.6. The Hall–Kier alpha value is -4.12. The summed E-state index contributed by atoms with van der Waals surface area (Å²) in [4.78, 5) is 0. The number of benzene rings is 4. The Morgan fingerprint density at radius 1 is 0.769 bits per heavy atom. The zero-order chi connectivity index (χ0) is 27.3. The molecule has 0 aliphatic rings. The molecule has 0 N–H and O–H groups in total. The molecule has 0 atom stereocenters. The zero-order valence-corrected chi connectivity index (χ0v) is 22.3. The van der Waals surface area contributed by atoms with E-state index in [1.54, 1.807) is 6.07 Å². The molecule has 0 saturated heterocycles. The molecule has 0 radical (unpaired) electrons. The molecule has 0 amide bonds. The molecule has 194 valence electrons. The molecular weight excluding hydrogens is 493 g/mol. The van der Waals surface area contributed by atoms with Crippen molar-refractivity contribution >= 4 is 49.0 Å². The van der Waals surface area contributed by atoms with Gasteiger partial charge in [0.25, 0.3) is 0 Å². The number of rotatable bonds is 3. The minimum Gasteiger partial charge on any atom is -0.307 e. The molecule has 3 aromatic heterocycles. The molecule has 7 rings (SSSR count). The van der Waals surface area contributed by atoms with Crippen molar-refractivity contribution in [3.05, 3.63) is 96.2 Å². The lowest BCUT2D eigenvalue weighted by molar-refractivity contribution is -0.643. The summed E-state index contributed by atoms with van der Waals surface area (Å²) >= 11 is 0. The summed E-state index contributed by atoms with van der Waals surface area (Å²) in [5, 5.41) is 5.96. The van der Waals surface area contributed by atoms with Gasteiger partial charge in [-0.1, -0.05) is 68.4 Å². The van der Waals surface area contributed by atoms with Crippen molar-refractivity contribution in [2.24, 2.45) is 12.5 Å². The van der Waals surface area contributed by atoms with E-state index in [-0.39, 0.29) is 6.42 Å². The molecule has 0 aliphatic carbocycles. The van der Waals surface area contributed by atoms with Crippen LogP contribution in [0.25, 0.3) is 60.1 Å². The number of aromatic nitrogens is 2. The molecule has 3 heterocycles. The summed E-state index contributed by atoms with van der Waals surface area (Å²) in [6.45, 7) is 4.70. The number of aryl methyl sites for hydroxylation is 2. The molecule has 0 spiro atoms. The molecule has 39 heavy (non-hydrogen) atoms. The standard InChI is InChI=1S/C34H28F3N2/c1-20-12-13-26-25-10-5-6-11-27(25)39-28-18-24(17-23-14-15-38(4)32(30(23)28)29(20)31(26)39)22-9-7-8-21(16-22)19-33(2,3)34(35,36)37/h5-18H,19H2,1-4H3/q+1. The third-order valence-corrected chi connectivity index (χ3v) is 8.41. The van der Waals surface area contributed by atoms with Gasteiger partial charge in [-0.25, -0.2) is 4.57 Å². The Morgan fingerprint density at radius 3 is 2.36 bits per heavy atom. The van der Waals surface area contributed by atoms with E-state index in [9.17, 15) is 13.2 Å². The van der Waals surface area contributed by atoms with Crippen molar-refractivity contribution in [1.29, 1.82) is 0 Å². The SMILES string of the molecule is Cc1ccc2c3ccccc3n3c4cc(-c5cccc(CC(C)(C)C(F)(F)F)c5)cc5cc[n+](C)c(c1c23)c54. The minimum absolute atomic E-state index is 0.0692. The van der Waals surface area contributed by atoms with E-state index < -0.39 is 11.6 Å². The lowest BCUT2D eigenvalue weighted by Gasteiger charge is -2.27. The van der Waals surface area contributed by atoms with Crippen molar-refractivity contribution in [3.63, 3.8) is 0 Å². The Labute approximate surface area is 224 Å². The van der Waals surface area contributed by atoms with Gasteiger partial charge in [0.15, 0.2) is 6.20 Å². The second kappa shape index (κ2) is 7.95. The van der Waals surface area contributed by atoms with E-state index in [0.717, 1.165) is 27.5 Å². The Balaban J connectivity index is 1.57. The molecule has 0 bridgehead atoms. The fourth-order valence-corrected chi connectivity index (χ4v) is 6.30. The predicted octanol–water partition coefficient (Wildman–Crippen LogP) is 8.92. The zero-order valence-electron chi connectivity index (χ0n) is 22.3. The third kappa shape index (κ3) is 3.38. The van der Waals surface area contributed by atoms with Gasteiger partial charge in [0.1, 0.15) is 7.05 Å². The second-order valence-corrected chi connectivity index (χ2v) is 11.5. The highest BCUT2D eigenvalue weighted by Gasteiger charge is 2.47. The van der Waals surface area contributed by atoms with Gasteiger partial charge in [-0.2, -0.15) is 13.2 Å². The maximum absolute atomic E-state index is 13.6. The summed E-state index contributed by atoms with van der Waals surface area (Å²) < 4.78 is 45.5. The quantitative estimate of drug-likeness (QED) is 0.125. The van der Waals surface area contributed by atoms with Crippen LogP contribution in [0, 0.1) is 12.3 Å². The van der Waals surface area contributed by atoms with E-state index in [1.807, 2.05) is 18.2 Å². The number of fused-ring (bicyclic) bond motifs is 5. The molecule has 7 aromatic rings. The Bertz CT molecular complexity index is 2080. The van der Waals surface area contributed by atoms with Gasteiger partial charge in [-0.3, -0.25) is 0 Å². The van der Waals surface area contributed by atoms with E-state index in [0.29, 0.717) is 5.56 Å². The monoisotopic (exact) mass is 521 g/mol. The first-order valence-electron chi connectivity index (χ1n) is 13.2. The summed E-state index contributed by atoms with van der Waals surface area (Å²) in [5.41, 5.74) is 6.64. The van der Waals surface area contributed by atoms with Gasteiger partial charge in [0, 0.05) is 16.8 Å². The Morgan fingerprint density at radius 2 is 1.56 bits per heavy atom.